The molecular weight excluding hydrogens is 230 g/mol. The first-order valence-electron chi connectivity index (χ1n) is 6.47. The van der Waals surface area contributed by atoms with E-state index in [0.29, 0.717) is 5.25 Å². The van der Waals surface area contributed by atoms with E-state index in [1.165, 1.54) is 12.0 Å². The largest absolute Gasteiger partial charge is 0.388 e. The lowest BCUT2D eigenvalue weighted by Crippen LogP contribution is -2.39. The van der Waals surface area contributed by atoms with E-state index < -0.39 is 5.60 Å². The Bertz CT molecular complexity index is 422. The highest BCUT2D eigenvalue weighted by atomic mass is 32.2. The van der Waals surface area contributed by atoms with Crippen molar-refractivity contribution in [2.75, 3.05) is 5.75 Å². The average Bonchev–Trinajstić information content (AvgIpc) is 2.70. The van der Waals surface area contributed by atoms with Crippen LogP contribution >= 0.6 is 11.8 Å². The summed E-state index contributed by atoms with van der Waals surface area (Å²) in [5, 5.41) is 11.5. The van der Waals surface area contributed by atoms with E-state index in [-0.39, 0.29) is 5.92 Å². The molecule has 17 heavy (non-hydrogen) atoms. The molecule has 1 aliphatic carbocycles. The summed E-state index contributed by atoms with van der Waals surface area (Å²) in [5.74, 6) is 1.12. The highest BCUT2D eigenvalue weighted by molar-refractivity contribution is 8.00. The monoisotopic (exact) mass is 249 g/mol. The molecule has 0 aromatic carbocycles. The second-order valence-electron chi connectivity index (χ2n) is 5.42. The van der Waals surface area contributed by atoms with Gasteiger partial charge in [0.15, 0.2) is 0 Å². The molecule has 2 aliphatic rings. The van der Waals surface area contributed by atoms with Gasteiger partial charge >= 0.3 is 0 Å². The molecular formula is C14H19NOS. The van der Waals surface area contributed by atoms with Gasteiger partial charge in [0, 0.05) is 28.8 Å². The van der Waals surface area contributed by atoms with Gasteiger partial charge in [0.25, 0.3) is 0 Å². The summed E-state index contributed by atoms with van der Waals surface area (Å²) in [5.41, 5.74) is 1.99. The summed E-state index contributed by atoms with van der Waals surface area (Å²) < 4.78 is 0. The summed E-state index contributed by atoms with van der Waals surface area (Å²) in [6.07, 6.45) is 6.18. The number of aliphatic hydroxyl groups is 1. The van der Waals surface area contributed by atoms with Crippen LogP contribution in [0.4, 0.5) is 0 Å². The zero-order valence-corrected chi connectivity index (χ0v) is 11.0. The fraction of sp³-hybridized carbons (Fsp3) is 0.643. The van der Waals surface area contributed by atoms with Crippen LogP contribution in [0.5, 0.6) is 0 Å². The third-order valence-electron chi connectivity index (χ3n) is 4.10. The van der Waals surface area contributed by atoms with Gasteiger partial charge in [0.2, 0.25) is 0 Å². The van der Waals surface area contributed by atoms with Crippen molar-refractivity contribution in [3.8, 4) is 0 Å². The van der Waals surface area contributed by atoms with Crippen molar-refractivity contribution in [1.29, 1.82) is 0 Å². The predicted octanol–water partition coefficient (Wildman–Crippen LogP) is 2.76. The predicted molar refractivity (Wildman–Crippen MR) is 71.4 cm³/mol. The number of pyridine rings is 1. The van der Waals surface area contributed by atoms with Crippen molar-refractivity contribution in [2.45, 2.75) is 49.4 Å². The first-order valence-corrected chi connectivity index (χ1v) is 7.52. The first kappa shape index (κ1) is 11.5. The molecule has 92 valence electrons. The van der Waals surface area contributed by atoms with Crippen molar-refractivity contribution in [1.82, 2.24) is 4.98 Å². The molecule has 0 radical (unpaired) electrons. The van der Waals surface area contributed by atoms with Crippen LogP contribution in [0.15, 0.2) is 18.3 Å². The molecule has 2 heterocycles. The Hall–Kier alpha value is -0.540. The number of hydrogen-bond donors (Lipinski definition) is 1. The third-order valence-corrected chi connectivity index (χ3v) is 5.50. The zero-order valence-electron chi connectivity index (χ0n) is 10.2. The van der Waals surface area contributed by atoms with Gasteiger partial charge in [-0.3, -0.25) is 4.98 Å². The minimum absolute atomic E-state index is 0.255. The minimum atomic E-state index is -0.520. The maximum atomic E-state index is 10.9. The molecule has 3 heteroatoms. The van der Waals surface area contributed by atoms with E-state index >= 15 is 0 Å². The molecule has 0 spiro atoms. The number of hydrogen-bond acceptors (Lipinski definition) is 3. The van der Waals surface area contributed by atoms with Gasteiger partial charge in [-0.05, 0) is 37.3 Å². The standard InChI is InChI=1S/C14H19NOS/c1-10-8-14(16,9-17-10)12-6-2-4-11-5-3-7-15-13(11)12/h3,5,7,10,12,16H,2,4,6,8-9H2,1H3. The molecule has 1 saturated heterocycles. The van der Waals surface area contributed by atoms with Gasteiger partial charge in [0.1, 0.15) is 0 Å². The number of aromatic nitrogens is 1. The third kappa shape index (κ3) is 2.00. The minimum Gasteiger partial charge on any atom is -0.388 e. The van der Waals surface area contributed by atoms with Gasteiger partial charge in [-0.2, -0.15) is 11.8 Å². The molecule has 0 amide bonds. The van der Waals surface area contributed by atoms with Crippen LogP contribution < -0.4 is 0 Å². The summed E-state index contributed by atoms with van der Waals surface area (Å²) in [6, 6.07) is 4.18. The Labute approximate surface area is 107 Å². The van der Waals surface area contributed by atoms with Crippen LogP contribution in [0.1, 0.15) is 43.4 Å². The molecule has 2 nitrogen and oxygen atoms in total. The fourth-order valence-corrected chi connectivity index (χ4v) is 4.58. The van der Waals surface area contributed by atoms with Crippen molar-refractivity contribution >= 4 is 11.8 Å². The number of aryl methyl sites for hydroxylation is 1. The van der Waals surface area contributed by atoms with Crippen LogP contribution in [0.2, 0.25) is 0 Å². The van der Waals surface area contributed by atoms with E-state index in [2.05, 4.69) is 18.0 Å². The Morgan fingerprint density at radius 3 is 3.18 bits per heavy atom. The smallest absolute Gasteiger partial charge is 0.0831 e. The molecule has 0 bridgehead atoms. The molecule has 0 saturated carbocycles. The Morgan fingerprint density at radius 1 is 1.53 bits per heavy atom. The highest BCUT2D eigenvalue weighted by Crippen LogP contribution is 2.47. The van der Waals surface area contributed by atoms with E-state index in [4.69, 9.17) is 0 Å². The molecule has 3 atom stereocenters. The van der Waals surface area contributed by atoms with E-state index in [9.17, 15) is 5.11 Å². The topological polar surface area (TPSA) is 33.1 Å². The molecule has 1 aromatic rings. The number of fused-ring (bicyclic) bond motifs is 1. The highest BCUT2D eigenvalue weighted by Gasteiger charge is 2.45. The van der Waals surface area contributed by atoms with Crippen molar-refractivity contribution < 1.29 is 5.11 Å². The molecule has 1 aliphatic heterocycles. The van der Waals surface area contributed by atoms with E-state index in [1.54, 1.807) is 0 Å². The quantitative estimate of drug-likeness (QED) is 0.831. The Morgan fingerprint density at radius 2 is 2.41 bits per heavy atom. The molecule has 1 fully saturated rings. The van der Waals surface area contributed by atoms with Gasteiger partial charge in [0.05, 0.1) is 5.60 Å². The van der Waals surface area contributed by atoms with E-state index in [1.807, 2.05) is 24.0 Å². The van der Waals surface area contributed by atoms with Crippen LogP contribution in [0, 0.1) is 0 Å². The summed E-state index contributed by atoms with van der Waals surface area (Å²) in [4.78, 5) is 4.55. The molecule has 1 aromatic heterocycles. The summed E-state index contributed by atoms with van der Waals surface area (Å²) in [7, 11) is 0. The van der Waals surface area contributed by atoms with Gasteiger partial charge in [-0.1, -0.05) is 13.0 Å². The summed E-state index contributed by atoms with van der Waals surface area (Å²) in [6.45, 7) is 2.21. The van der Waals surface area contributed by atoms with Crippen LogP contribution in [0.3, 0.4) is 0 Å². The summed E-state index contributed by atoms with van der Waals surface area (Å²) >= 11 is 1.89. The second-order valence-corrected chi connectivity index (χ2v) is 6.85. The lowest BCUT2D eigenvalue weighted by atomic mass is 9.75. The second kappa shape index (κ2) is 4.29. The van der Waals surface area contributed by atoms with Gasteiger partial charge < -0.3 is 5.11 Å². The van der Waals surface area contributed by atoms with Crippen molar-refractivity contribution in [3.63, 3.8) is 0 Å². The maximum absolute atomic E-state index is 10.9. The van der Waals surface area contributed by atoms with Gasteiger partial charge in [-0.15, -0.1) is 0 Å². The number of rotatable bonds is 1. The Kier molecular flexibility index (Phi) is 2.91. The fourth-order valence-electron chi connectivity index (χ4n) is 3.28. The van der Waals surface area contributed by atoms with Crippen LogP contribution in [-0.4, -0.2) is 26.7 Å². The lowest BCUT2D eigenvalue weighted by molar-refractivity contribution is 0.0268. The zero-order chi connectivity index (χ0) is 11.9. The molecule has 3 unspecified atom stereocenters. The van der Waals surface area contributed by atoms with Crippen LogP contribution in [-0.2, 0) is 6.42 Å². The maximum Gasteiger partial charge on any atom is 0.0831 e. The SMILES string of the molecule is CC1CC(O)(C2CCCc3cccnc32)CS1. The van der Waals surface area contributed by atoms with Gasteiger partial charge in [-0.25, -0.2) is 0 Å². The van der Waals surface area contributed by atoms with Crippen LogP contribution in [0.25, 0.3) is 0 Å². The first-order chi connectivity index (χ1) is 8.19. The number of nitrogens with zero attached hydrogens (tertiary/aromatic N) is 1. The Balaban J connectivity index is 1.95. The molecule has 3 rings (SSSR count). The lowest BCUT2D eigenvalue weighted by Gasteiger charge is -2.35. The number of thioether (sulfide) groups is 1. The average molecular weight is 249 g/mol. The molecule has 1 N–H and O–H groups in total. The van der Waals surface area contributed by atoms with E-state index in [0.717, 1.165) is 30.7 Å². The van der Waals surface area contributed by atoms with Crippen molar-refractivity contribution in [3.05, 3.63) is 29.6 Å². The van der Waals surface area contributed by atoms with Crippen molar-refractivity contribution in [2.24, 2.45) is 0 Å². The normalized spacial score (nSPS) is 36.8.